The van der Waals surface area contributed by atoms with Gasteiger partial charge in [0.15, 0.2) is 5.78 Å². The molecule has 146 valence electrons. The van der Waals surface area contributed by atoms with Crippen molar-refractivity contribution >= 4 is 34.8 Å². The minimum atomic E-state index is -4.55. The number of hydrogen-bond donors (Lipinski definition) is 1. The van der Waals surface area contributed by atoms with Crippen molar-refractivity contribution in [3.05, 3.63) is 58.9 Å². The molecule has 0 aliphatic carbocycles. The zero-order valence-corrected chi connectivity index (χ0v) is 16.0. The van der Waals surface area contributed by atoms with Gasteiger partial charge in [-0.2, -0.15) is 30.2 Å². The number of alkyl halides is 3. The van der Waals surface area contributed by atoms with Gasteiger partial charge >= 0.3 is 6.18 Å². The number of halogens is 4. The van der Waals surface area contributed by atoms with Crippen LogP contribution in [0.3, 0.4) is 0 Å². The van der Waals surface area contributed by atoms with Crippen LogP contribution in [0.1, 0.15) is 5.56 Å². The number of Topliss-reactive ketones (excluding diaryl/α,β-unsaturated/α-hetero) is 1. The monoisotopic (exact) mass is 427 g/mol. The summed E-state index contributed by atoms with van der Waals surface area (Å²) >= 11 is 7.12. The number of anilines is 1. The number of carbonyl (C=O) groups is 1. The molecule has 0 saturated heterocycles. The van der Waals surface area contributed by atoms with E-state index in [1.165, 1.54) is 30.1 Å². The summed E-state index contributed by atoms with van der Waals surface area (Å²) < 4.78 is 43.3. The lowest BCUT2D eigenvalue weighted by Gasteiger charge is -2.10. The molecule has 1 aromatic heterocycles. The molecule has 0 amide bonds. The number of pyridine rings is 1. The normalized spacial score (nSPS) is 11.6. The zero-order valence-electron chi connectivity index (χ0n) is 14.4. The average molecular weight is 428 g/mol. The standard InChI is InChI=1S/C18H13ClF3N3O2S/c1-28-10-16(26)11(7-23)8-24-13-2-4-14(5-3-13)27-17-15(19)6-12(9-25-17)18(20,21)22/h2-6,8-9,24H,10H2,1H3/b11-8-. The molecule has 2 aromatic rings. The van der Waals surface area contributed by atoms with Crippen molar-refractivity contribution < 1.29 is 22.7 Å². The number of hydrogen-bond acceptors (Lipinski definition) is 6. The van der Waals surface area contributed by atoms with E-state index in [4.69, 9.17) is 21.6 Å². The van der Waals surface area contributed by atoms with Gasteiger partial charge in [0.25, 0.3) is 0 Å². The maximum Gasteiger partial charge on any atom is 0.417 e. The molecular formula is C18H13ClF3N3O2S. The number of allylic oxidation sites excluding steroid dienone is 1. The zero-order chi connectivity index (χ0) is 20.7. The summed E-state index contributed by atoms with van der Waals surface area (Å²) in [5, 5.41) is 11.6. The summed E-state index contributed by atoms with van der Waals surface area (Å²) in [4.78, 5) is 15.3. The minimum absolute atomic E-state index is 0.00425. The summed E-state index contributed by atoms with van der Waals surface area (Å²) in [5.74, 6) is 0.0483. The largest absolute Gasteiger partial charge is 0.438 e. The van der Waals surface area contributed by atoms with E-state index in [2.05, 4.69) is 10.3 Å². The van der Waals surface area contributed by atoms with Crippen LogP contribution in [0.25, 0.3) is 0 Å². The molecule has 0 spiro atoms. The van der Waals surface area contributed by atoms with Crippen molar-refractivity contribution in [3.63, 3.8) is 0 Å². The fourth-order valence-electron chi connectivity index (χ4n) is 1.93. The Morgan fingerprint density at radius 1 is 1.39 bits per heavy atom. The third-order valence-electron chi connectivity index (χ3n) is 3.28. The molecular weight excluding hydrogens is 415 g/mol. The summed E-state index contributed by atoms with van der Waals surface area (Å²) in [6.45, 7) is 0. The number of benzene rings is 1. The summed E-state index contributed by atoms with van der Waals surface area (Å²) in [6, 6.07) is 8.82. The summed E-state index contributed by atoms with van der Waals surface area (Å²) in [5.41, 5.74) is -0.403. The van der Waals surface area contributed by atoms with Crippen molar-refractivity contribution in [1.82, 2.24) is 4.98 Å². The fourth-order valence-corrected chi connectivity index (χ4v) is 2.55. The van der Waals surface area contributed by atoms with Crippen molar-refractivity contribution in [2.75, 3.05) is 17.3 Å². The molecule has 0 aliphatic heterocycles. The second-order valence-corrected chi connectivity index (χ2v) is 6.58. The first-order chi connectivity index (χ1) is 13.2. The van der Waals surface area contributed by atoms with Gasteiger partial charge in [-0.1, -0.05) is 11.6 Å². The van der Waals surface area contributed by atoms with Crippen LogP contribution < -0.4 is 10.1 Å². The minimum Gasteiger partial charge on any atom is -0.438 e. The van der Waals surface area contributed by atoms with E-state index in [0.29, 0.717) is 17.6 Å². The molecule has 2 rings (SSSR count). The highest BCUT2D eigenvalue weighted by molar-refractivity contribution is 7.99. The Bertz CT molecular complexity index is 925. The van der Waals surface area contributed by atoms with Gasteiger partial charge < -0.3 is 10.1 Å². The molecule has 0 saturated carbocycles. The molecule has 0 radical (unpaired) electrons. The van der Waals surface area contributed by atoms with Gasteiger partial charge in [-0.25, -0.2) is 4.98 Å². The third kappa shape index (κ3) is 5.90. The molecule has 0 unspecified atom stereocenters. The first-order valence-electron chi connectivity index (χ1n) is 7.64. The maximum absolute atomic E-state index is 12.6. The summed E-state index contributed by atoms with van der Waals surface area (Å²) in [7, 11) is 0. The van der Waals surface area contributed by atoms with Gasteiger partial charge in [0.05, 0.1) is 11.3 Å². The molecule has 28 heavy (non-hydrogen) atoms. The lowest BCUT2D eigenvalue weighted by atomic mass is 10.2. The van der Waals surface area contributed by atoms with Gasteiger partial charge in [0, 0.05) is 18.1 Å². The van der Waals surface area contributed by atoms with E-state index in [-0.39, 0.29) is 28.0 Å². The van der Waals surface area contributed by atoms with Gasteiger partial charge in [0.1, 0.15) is 22.4 Å². The molecule has 0 atom stereocenters. The molecule has 1 aromatic carbocycles. The van der Waals surface area contributed by atoms with E-state index < -0.39 is 11.7 Å². The van der Waals surface area contributed by atoms with Crippen LogP contribution in [0, 0.1) is 11.3 Å². The number of rotatable bonds is 7. The Labute approximate surface area is 168 Å². The number of aromatic nitrogens is 1. The van der Waals surface area contributed by atoms with Gasteiger partial charge in [-0.05, 0) is 36.6 Å². The molecule has 0 fully saturated rings. The number of thioether (sulfide) groups is 1. The maximum atomic E-state index is 12.6. The van der Waals surface area contributed by atoms with Gasteiger partial charge in [-0.15, -0.1) is 0 Å². The molecule has 0 aliphatic rings. The number of ketones is 1. The SMILES string of the molecule is CSCC(=O)/C(C#N)=C\Nc1ccc(Oc2ncc(C(F)(F)F)cc2Cl)cc1. The second-order valence-electron chi connectivity index (χ2n) is 5.31. The summed E-state index contributed by atoms with van der Waals surface area (Å²) in [6.07, 6.45) is -0.841. The first kappa shape index (κ1) is 21.6. The van der Waals surface area contributed by atoms with Gasteiger partial charge in [0.2, 0.25) is 5.88 Å². The number of ether oxygens (including phenoxy) is 1. The predicted molar refractivity (Wildman–Crippen MR) is 101 cm³/mol. The van der Waals surface area contributed by atoms with E-state index >= 15 is 0 Å². The fraction of sp³-hybridized carbons (Fsp3) is 0.167. The number of carbonyl (C=O) groups excluding carboxylic acids is 1. The van der Waals surface area contributed by atoms with Crippen LogP contribution in [-0.2, 0) is 11.0 Å². The van der Waals surface area contributed by atoms with Crippen molar-refractivity contribution in [3.8, 4) is 17.7 Å². The van der Waals surface area contributed by atoms with Crippen molar-refractivity contribution in [2.45, 2.75) is 6.18 Å². The van der Waals surface area contributed by atoms with E-state index in [9.17, 15) is 18.0 Å². The molecule has 1 N–H and O–H groups in total. The van der Waals surface area contributed by atoms with Crippen LogP contribution in [0.5, 0.6) is 11.6 Å². The molecule has 1 heterocycles. The Hall–Kier alpha value is -2.70. The molecule has 0 bridgehead atoms. The number of nitrogens with zero attached hydrogens (tertiary/aromatic N) is 2. The Morgan fingerprint density at radius 3 is 2.61 bits per heavy atom. The van der Waals surface area contributed by atoms with Crippen LogP contribution in [0.4, 0.5) is 18.9 Å². The van der Waals surface area contributed by atoms with Crippen LogP contribution in [0.2, 0.25) is 5.02 Å². The number of nitrogens with one attached hydrogen (secondary N) is 1. The average Bonchev–Trinajstić information content (AvgIpc) is 2.64. The van der Waals surface area contributed by atoms with E-state index in [1.54, 1.807) is 18.4 Å². The van der Waals surface area contributed by atoms with Crippen molar-refractivity contribution in [2.24, 2.45) is 0 Å². The highest BCUT2D eigenvalue weighted by atomic mass is 35.5. The Kier molecular flexibility index (Phi) is 7.31. The molecule has 10 heteroatoms. The highest BCUT2D eigenvalue weighted by Crippen LogP contribution is 2.34. The topological polar surface area (TPSA) is 75.0 Å². The third-order valence-corrected chi connectivity index (χ3v) is 4.10. The smallest absolute Gasteiger partial charge is 0.417 e. The predicted octanol–water partition coefficient (Wildman–Crippen LogP) is 5.30. The number of nitriles is 1. The Balaban J connectivity index is 2.07. The van der Waals surface area contributed by atoms with Crippen LogP contribution >= 0.6 is 23.4 Å². The Morgan fingerprint density at radius 2 is 2.07 bits per heavy atom. The van der Waals surface area contributed by atoms with E-state index in [0.717, 1.165) is 6.07 Å². The van der Waals surface area contributed by atoms with Crippen LogP contribution in [-0.4, -0.2) is 22.8 Å². The van der Waals surface area contributed by atoms with Crippen LogP contribution in [0.15, 0.2) is 48.3 Å². The van der Waals surface area contributed by atoms with E-state index in [1.807, 2.05) is 6.07 Å². The molecule has 5 nitrogen and oxygen atoms in total. The highest BCUT2D eigenvalue weighted by Gasteiger charge is 2.31. The first-order valence-corrected chi connectivity index (χ1v) is 9.41. The van der Waals surface area contributed by atoms with Crippen molar-refractivity contribution in [1.29, 1.82) is 5.26 Å². The quantitative estimate of drug-likeness (QED) is 0.477. The lowest BCUT2D eigenvalue weighted by molar-refractivity contribution is -0.137. The van der Waals surface area contributed by atoms with Gasteiger partial charge in [-0.3, -0.25) is 4.79 Å². The lowest BCUT2D eigenvalue weighted by Crippen LogP contribution is -2.06. The second kappa shape index (κ2) is 9.48.